The molecule has 0 bridgehead atoms. The van der Waals surface area contributed by atoms with E-state index in [4.69, 9.17) is 5.73 Å². The minimum atomic E-state index is -0.432. The number of aryl methyl sites for hydroxylation is 2. The summed E-state index contributed by atoms with van der Waals surface area (Å²) in [6, 6.07) is 40.9. The summed E-state index contributed by atoms with van der Waals surface area (Å²) >= 11 is 0. The first-order valence-corrected chi connectivity index (χ1v) is 15.1. The van der Waals surface area contributed by atoms with Crippen molar-refractivity contribution in [1.29, 1.82) is 0 Å². The van der Waals surface area contributed by atoms with Crippen LogP contribution in [0, 0.1) is 13.8 Å². The quantitative estimate of drug-likeness (QED) is 0.188. The van der Waals surface area contributed by atoms with E-state index in [0.29, 0.717) is 24.2 Å². The monoisotopic (exact) mass is 576 g/mol. The molecule has 6 aromatic carbocycles. The highest BCUT2D eigenvalue weighted by molar-refractivity contribution is 6.09. The van der Waals surface area contributed by atoms with Gasteiger partial charge < -0.3 is 10.6 Å². The highest BCUT2D eigenvalue weighted by Gasteiger charge is 2.19. The molecule has 0 radical (unpaired) electrons. The number of amides is 2. The van der Waals surface area contributed by atoms with Gasteiger partial charge in [-0.15, -0.1) is 0 Å². The molecule has 0 heterocycles. The number of fused-ring (bicyclic) bond motifs is 2. The minimum absolute atomic E-state index is 0.0494. The van der Waals surface area contributed by atoms with E-state index in [2.05, 4.69) is 92.7 Å². The number of rotatable bonds is 9. The van der Waals surface area contributed by atoms with Gasteiger partial charge in [-0.3, -0.25) is 9.59 Å². The number of hydrogen-bond donors (Lipinski definition) is 1. The van der Waals surface area contributed by atoms with Crippen LogP contribution in [0.25, 0.3) is 32.7 Å². The topological polar surface area (TPSA) is 63.4 Å². The fourth-order valence-electron chi connectivity index (χ4n) is 6.08. The van der Waals surface area contributed by atoms with Gasteiger partial charge in [-0.1, -0.05) is 108 Å². The molecule has 0 atom stereocenters. The summed E-state index contributed by atoms with van der Waals surface area (Å²) < 4.78 is 0. The molecule has 6 rings (SSSR count). The van der Waals surface area contributed by atoms with Gasteiger partial charge in [-0.25, -0.2) is 0 Å². The van der Waals surface area contributed by atoms with Crippen molar-refractivity contribution >= 4 is 33.4 Å². The number of benzene rings is 6. The normalized spacial score (nSPS) is 11.1. The van der Waals surface area contributed by atoms with Crippen LogP contribution in [0.3, 0.4) is 0 Å². The van der Waals surface area contributed by atoms with E-state index < -0.39 is 5.91 Å². The van der Waals surface area contributed by atoms with Crippen molar-refractivity contribution in [3.05, 3.63) is 155 Å². The Morgan fingerprint density at radius 3 is 1.55 bits per heavy atom. The van der Waals surface area contributed by atoms with Crippen LogP contribution >= 0.6 is 0 Å². The van der Waals surface area contributed by atoms with E-state index in [1.807, 2.05) is 41.3 Å². The van der Waals surface area contributed by atoms with Crippen LogP contribution < -0.4 is 5.73 Å². The maximum Gasteiger partial charge on any atom is 0.254 e. The zero-order valence-corrected chi connectivity index (χ0v) is 25.2. The molecule has 0 unspecified atom stereocenters. The summed E-state index contributed by atoms with van der Waals surface area (Å²) in [4.78, 5) is 28.1. The molecule has 2 amide bonds. The lowest BCUT2D eigenvalue weighted by atomic mass is 9.95. The van der Waals surface area contributed by atoms with Crippen LogP contribution in [0.5, 0.6) is 0 Å². The molecule has 0 aliphatic carbocycles. The van der Waals surface area contributed by atoms with E-state index >= 15 is 0 Å². The van der Waals surface area contributed by atoms with Gasteiger partial charge in [0.05, 0.1) is 0 Å². The van der Waals surface area contributed by atoms with Crippen molar-refractivity contribution in [3.63, 3.8) is 0 Å². The molecule has 0 aliphatic heterocycles. The minimum Gasteiger partial charge on any atom is -0.366 e. The number of hydrogen-bond acceptors (Lipinski definition) is 2. The summed E-state index contributed by atoms with van der Waals surface area (Å²) in [5.41, 5.74) is 13.8. The van der Waals surface area contributed by atoms with Crippen molar-refractivity contribution < 1.29 is 9.59 Å². The fraction of sp³-hybridized carbons (Fsp3) is 0.150. The van der Waals surface area contributed by atoms with Crippen LogP contribution in [0.1, 0.15) is 43.0 Å². The second-order valence-electron chi connectivity index (χ2n) is 11.6. The van der Waals surface area contributed by atoms with Crippen molar-refractivity contribution in [2.24, 2.45) is 5.73 Å². The molecule has 4 nitrogen and oxygen atoms in total. The Kier molecular flexibility index (Phi) is 8.25. The van der Waals surface area contributed by atoms with Crippen LogP contribution in [0.2, 0.25) is 0 Å². The summed E-state index contributed by atoms with van der Waals surface area (Å²) in [7, 11) is 0. The molecule has 4 heteroatoms. The third kappa shape index (κ3) is 6.25. The van der Waals surface area contributed by atoms with E-state index in [1.54, 1.807) is 6.07 Å². The lowest BCUT2D eigenvalue weighted by Gasteiger charge is -2.24. The molecule has 0 aromatic heterocycles. The number of carbonyl (C=O) groups excluding carboxylic acids is 2. The average molecular weight is 577 g/mol. The highest BCUT2D eigenvalue weighted by Crippen LogP contribution is 2.30. The second-order valence-corrected chi connectivity index (χ2v) is 11.6. The van der Waals surface area contributed by atoms with Gasteiger partial charge in [-0.2, -0.15) is 0 Å². The molecule has 6 aromatic rings. The van der Waals surface area contributed by atoms with E-state index in [-0.39, 0.29) is 5.91 Å². The second kappa shape index (κ2) is 12.6. The fourth-order valence-corrected chi connectivity index (χ4v) is 6.08. The molecular formula is C40H36N2O2. The lowest BCUT2D eigenvalue weighted by Crippen LogP contribution is -2.35. The van der Waals surface area contributed by atoms with Gasteiger partial charge in [-0.05, 0) is 94.8 Å². The van der Waals surface area contributed by atoms with Crippen molar-refractivity contribution in [3.8, 4) is 11.1 Å². The Bertz CT molecular complexity index is 1960. The largest absolute Gasteiger partial charge is 0.366 e. The molecule has 0 fully saturated rings. The zero-order chi connectivity index (χ0) is 30.6. The first-order chi connectivity index (χ1) is 21.4. The molecular weight excluding hydrogens is 540 g/mol. The van der Waals surface area contributed by atoms with Crippen molar-refractivity contribution in [1.82, 2.24) is 4.90 Å². The van der Waals surface area contributed by atoms with Crippen LogP contribution in [0.15, 0.2) is 121 Å². The Morgan fingerprint density at radius 2 is 1.05 bits per heavy atom. The van der Waals surface area contributed by atoms with Gasteiger partial charge in [0, 0.05) is 24.2 Å². The summed E-state index contributed by atoms with van der Waals surface area (Å²) in [6.45, 7) is 5.50. The summed E-state index contributed by atoms with van der Waals surface area (Å²) in [5, 5.41) is 3.75. The smallest absolute Gasteiger partial charge is 0.254 e. The van der Waals surface area contributed by atoms with Crippen molar-refractivity contribution in [2.75, 3.05) is 13.1 Å². The predicted molar refractivity (Wildman–Crippen MR) is 181 cm³/mol. The van der Waals surface area contributed by atoms with Gasteiger partial charge in [0.1, 0.15) is 0 Å². The SMILES string of the molecule is Cc1cccc(CCN(CCc2cccc(C)c2)C(=O)c2cccc3cc(-c4ccc5c(C(N)=O)cccc5c4)ccc23)c1. The van der Waals surface area contributed by atoms with Crippen LogP contribution in [-0.4, -0.2) is 29.8 Å². The Balaban J connectivity index is 1.31. The van der Waals surface area contributed by atoms with E-state index in [9.17, 15) is 9.59 Å². The number of nitrogens with two attached hydrogens (primary N) is 1. The number of nitrogens with zero attached hydrogens (tertiary/aromatic N) is 1. The standard InChI is InChI=1S/C40H36N2O2/c1-27-7-3-9-29(23-27)19-21-42(22-20-30-10-4-8-28(2)24-30)40(44)38-14-6-12-34-26-32(16-18-36(34)38)31-15-17-35-33(25-31)11-5-13-37(35)39(41)43/h3-18,23-26H,19-22H2,1-2H3,(H2,41,43). The average Bonchev–Trinajstić information content (AvgIpc) is 3.03. The summed E-state index contributed by atoms with van der Waals surface area (Å²) in [6.07, 6.45) is 1.60. The van der Waals surface area contributed by atoms with E-state index in [0.717, 1.165) is 45.5 Å². The predicted octanol–water partition coefficient (Wildman–Crippen LogP) is 8.30. The first-order valence-electron chi connectivity index (χ1n) is 15.1. The number of primary amides is 1. The maximum atomic E-state index is 14.2. The molecule has 218 valence electrons. The molecule has 0 saturated heterocycles. The third-order valence-electron chi connectivity index (χ3n) is 8.38. The van der Waals surface area contributed by atoms with Crippen LogP contribution in [-0.2, 0) is 12.8 Å². The Hall–Kier alpha value is -5.22. The van der Waals surface area contributed by atoms with Crippen molar-refractivity contribution in [2.45, 2.75) is 26.7 Å². The highest BCUT2D eigenvalue weighted by atomic mass is 16.2. The van der Waals surface area contributed by atoms with Gasteiger partial charge >= 0.3 is 0 Å². The zero-order valence-electron chi connectivity index (χ0n) is 25.2. The molecule has 0 saturated carbocycles. The van der Waals surface area contributed by atoms with Gasteiger partial charge in [0.15, 0.2) is 0 Å². The molecule has 2 N–H and O–H groups in total. The van der Waals surface area contributed by atoms with Crippen LogP contribution in [0.4, 0.5) is 0 Å². The van der Waals surface area contributed by atoms with Gasteiger partial charge in [0.2, 0.25) is 5.91 Å². The first kappa shape index (κ1) is 28.9. The molecule has 0 aliphatic rings. The Labute approximate surface area is 258 Å². The Morgan fingerprint density at radius 1 is 0.568 bits per heavy atom. The lowest BCUT2D eigenvalue weighted by molar-refractivity contribution is 0.0761. The maximum absolute atomic E-state index is 14.2. The molecule has 44 heavy (non-hydrogen) atoms. The summed E-state index contributed by atoms with van der Waals surface area (Å²) in [5.74, 6) is -0.383. The van der Waals surface area contributed by atoms with Gasteiger partial charge in [0.25, 0.3) is 5.91 Å². The third-order valence-corrected chi connectivity index (χ3v) is 8.38. The molecule has 0 spiro atoms. The van der Waals surface area contributed by atoms with E-state index in [1.165, 1.54) is 22.3 Å². The number of carbonyl (C=O) groups is 2.